The van der Waals surface area contributed by atoms with E-state index < -0.39 is 10.0 Å². The van der Waals surface area contributed by atoms with Crippen LogP contribution < -0.4 is 10.0 Å². The molecule has 148 valence electrons. The van der Waals surface area contributed by atoms with Gasteiger partial charge in [-0.15, -0.1) is 10.2 Å². The van der Waals surface area contributed by atoms with Gasteiger partial charge in [0.25, 0.3) is 0 Å². The molecule has 7 nitrogen and oxygen atoms in total. The fourth-order valence-corrected chi connectivity index (χ4v) is 5.87. The van der Waals surface area contributed by atoms with Crippen LogP contribution in [0.1, 0.15) is 23.1 Å². The number of benzene rings is 1. The minimum absolute atomic E-state index is 0.00286. The third kappa shape index (κ3) is 4.82. The van der Waals surface area contributed by atoms with E-state index in [9.17, 15) is 13.2 Å². The summed E-state index contributed by atoms with van der Waals surface area (Å²) in [6.45, 7) is 5.45. The lowest BCUT2D eigenvalue weighted by atomic mass is 10.1. The van der Waals surface area contributed by atoms with Crippen LogP contribution >= 0.6 is 22.7 Å². The van der Waals surface area contributed by atoms with Gasteiger partial charge in [0, 0.05) is 23.9 Å². The van der Waals surface area contributed by atoms with Crippen molar-refractivity contribution in [3.05, 3.63) is 45.6 Å². The summed E-state index contributed by atoms with van der Waals surface area (Å²) in [5.74, 6) is -0.326. The zero-order valence-electron chi connectivity index (χ0n) is 15.6. The molecule has 0 spiro atoms. The molecular formula is C18H20N4O3S3. The molecule has 1 aromatic carbocycles. The summed E-state index contributed by atoms with van der Waals surface area (Å²) < 4.78 is 27.7. The van der Waals surface area contributed by atoms with Crippen LogP contribution in [0.15, 0.2) is 33.9 Å². The SMILES string of the molecule is Cc1cc(C)c(S(=O)(=O)NCCC(=O)Nc2nnc(-c3ccsc3)s2)c(C)c1. The molecule has 2 aromatic heterocycles. The molecule has 1 amide bonds. The molecule has 2 N–H and O–H groups in total. The minimum atomic E-state index is -3.69. The van der Waals surface area contributed by atoms with Crippen LogP contribution in [-0.2, 0) is 14.8 Å². The standard InChI is InChI=1S/C18H20N4O3S3/c1-11-8-12(2)16(13(3)9-11)28(24,25)19-6-4-15(23)20-18-22-21-17(27-18)14-5-7-26-10-14/h5,7-10,19H,4,6H2,1-3H3,(H,20,22,23). The molecule has 0 unspecified atom stereocenters. The number of carbonyl (C=O) groups is 1. The summed E-state index contributed by atoms with van der Waals surface area (Å²) in [7, 11) is -3.69. The second-order valence-corrected chi connectivity index (χ2v) is 9.81. The minimum Gasteiger partial charge on any atom is -0.300 e. The number of hydrogen-bond donors (Lipinski definition) is 2. The molecule has 0 saturated heterocycles. The monoisotopic (exact) mass is 436 g/mol. The molecule has 2 heterocycles. The number of carbonyl (C=O) groups excluding carboxylic acids is 1. The van der Waals surface area contributed by atoms with Crippen molar-refractivity contribution < 1.29 is 13.2 Å². The maximum absolute atomic E-state index is 12.6. The number of hydrogen-bond acceptors (Lipinski definition) is 7. The van der Waals surface area contributed by atoms with Crippen LogP contribution in [0.3, 0.4) is 0 Å². The van der Waals surface area contributed by atoms with Crippen LogP contribution in [-0.4, -0.2) is 31.1 Å². The fraction of sp³-hybridized carbons (Fsp3) is 0.278. The Morgan fingerprint density at radius 3 is 2.50 bits per heavy atom. The highest BCUT2D eigenvalue weighted by Gasteiger charge is 2.20. The first-order valence-corrected chi connectivity index (χ1v) is 11.7. The van der Waals surface area contributed by atoms with Crippen molar-refractivity contribution in [1.29, 1.82) is 0 Å². The number of rotatable bonds is 7. The highest BCUT2D eigenvalue weighted by molar-refractivity contribution is 7.89. The number of thiophene rings is 1. The molecule has 3 aromatic rings. The number of sulfonamides is 1. The van der Waals surface area contributed by atoms with Gasteiger partial charge >= 0.3 is 0 Å². The lowest BCUT2D eigenvalue weighted by Crippen LogP contribution is -2.29. The van der Waals surface area contributed by atoms with E-state index in [0.717, 1.165) is 16.1 Å². The predicted molar refractivity (Wildman–Crippen MR) is 112 cm³/mol. The van der Waals surface area contributed by atoms with Crippen LogP contribution in [0, 0.1) is 20.8 Å². The lowest BCUT2D eigenvalue weighted by Gasteiger charge is -2.13. The molecule has 0 aliphatic heterocycles. The Morgan fingerprint density at radius 1 is 1.14 bits per heavy atom. The zero-order chi connectivity index (χ0) is 20.3. The van der Waals surface area contributed by atoms with Crippen molar-refractivity contribution >= 4 is 43.7 Å². The number of amides is 1. The van der Waals surface area contributed by atoms with Crippen LogP contribution in [0.2, 0.25) is 0 Å². The molecule has 0 aliphatic rings. The highest BCUT2D eigenvalue weighted by Crippen LogP contribution is 2.27. The maximum atomic E-state index is 12.6. The molecule has 0 bridgehead atoms. The van der Waals surface area contributed by atoms with Gasteiger partial charge < -0.3 is 5.32 Å². The number of aromatic nitrogens is 2. The van der Waals surface area contributed by atoms with Crippen molar-refractivity contribution in [2.24, 2.45) is 0 Å². The molecule has 0 fully saturated rings. The first-order valence-electron chi connectivity index (χ1n) is 8.50. The summed E-state index contributed by atoms with van der Waals surface area (Å²) in [6, 6.07) is 5.59. The van der Waals surface area contributed by atoms with Crippen molar-refractivity contribution in [2.75, 3.05) is 11.9 Å². The van der Waals surface area contributed by atoms with E-state index in [0.29, 0.717) is 16.3 Å². The third-order valence-corrected chi connectivity index (χ3v) is 7.29. The van der Waals surface area contributed by atoms with E-state index in [1.165, 1.54) is 11.3 Å². The van der Waals surface area contributed by atoms with Gasteiger partial charge in [-0.1, -0.05) is 29.0 Å². The van der Waals surface area contributed by atoms with E-state index in [4.69, 9.17) is 0 Å². The van der Waals surface area contributed by atoms with E-state index >= 15 is 0 Å². The van der Waals surface area contributed by atoms with Gasteiger partial charge in [0.15, 0.2) is 0 Å². The van der Waals surface area contributed by atoms with E-state index in [1.807, 2.05) is 35.9 Å². The number of nitrogens with one attached hydrogen (secondary N) is 2. The number of nitrogens with zero attached hydrogens (tertiary/aromatic N) is 2. The van der Waals surface area contributed by atoms with Crippen LogP contribution in [0.4, 0.5) is 5.13 Å². The first-order chi connectivity index (χ1) is 13.3. The molecule has 0 saturated carbocycles. The van der Waals surface area contributed by atoms with Gasteiger partial charge in [0.05, 0.1) is 4.90 Å². The Morgan fingerprint density at radius 2 is 1.86 bits per heavy atom. The van der Waals surface area contributed by atoms with E-state index in [-0.39, 0.29) is 23.8 Å². The molecule has 3 rings (SSSR count). The summed E-state index contributed by atoms with van der Waals surface area (Å²) in [4.78, 5) is 12.4. The van der Waals surface area contributed by atoms with Gasteiger partial charge in [-0.3, -0.25) is 4.79 Å². The van der Waals surface area contributed by atoms with Gasteiger partial charge in [0.2, 0.25) is 21.1 Å². The average molecular weight is 437 g/mol. The second-order valence-electron chi connectivity index (χ2n) is 6.35. The third-order valence-electron chi connectivity index (χ3n) is 3.96. The maximum Gasteiger partial charge on any atom is 0.241 e. The molecule has 0 radical (unpaired) electrons. The topological polar surface area (TPSA) is 101 Å². The number of aryl methyl sites for hydroxylation is 3. The summed E-state index contributed by atoms with van der Waals surface area (Å²) in [5, 5.41) is 15.7. The Labute approximate surface area is 171 Å². The highest BCUT2D eigenvalue weighted by atomic mass is 32.2. The Balaban J connectivity index is 1.57. The van der Waals surface area contributed by atoms with Crippen molar-refractivity contribution in [1.82, 2.24) is 14.9 Å². The van der Waals surface area contributed by atoms with Crippen LogP contribution in [0.25, 0.3) is 10.6 Å². The summed E-state index contributed by atoms with van der Waals surface area (Å²) in [6.07, 6.45) is -0.00342. The molecule has 10 heteroatoms. The average Bonchev–Trinajstić information content (AvgIpc) is 3.24. The summed E-state index contributed by atoms with van der Waals surface area (Å²) in [5.41, 5.74) is 3.33. The van der Waals surface area contributed by atoms with Crippen molar-refractivity contribution in [3.8, 4) is 10.6 Å². The van der Waals surface area contributed by atoms with Gasteiger partial charge in [0.1, 0.15) is 5.01 Å². The van der Waals surface area contributed by atoms with E-state index in [1.54, 1.807) is 25.2 Å². The molecule has 0 atom stereocenters. The largest absolute Gasteiger partial charge is 0.300 e. The quantitative estimate of drug-likeness (QED) is 0.590. The van der Waals surface area contributed by atoms with Crippen LogP contribution in [0.5, 0.6) is 0 Å². The lowest BCUT2D eigenvalue weighted by molar-refractivity contribution is -0.116. The predicted octanol–water partition coefficient (Wildman–Crippen LogP) is 3.50. The Kier molecular flexibility index (Phi) is 6.23. The molecule has 0 aliphatic carbocycles. The van der Waals surface area contributed by atoms with Crippen molar-refractivity contribution in [3.63, 3.8) is 0 Å². The normalized spacial score (nSPS) is 11.5. The second kappa shape index (κ2) is 8.48. The van der Waals surface area contributed by atoms with Gasteiger partial charge in [-0.2, -0.15) is 11.3 Å². The zero-order valence-corrected chi connectivity index (χ0v) is 18.1. The Hall–Kier alpha value is -2.14. The molecule has 28 heavy (non-hydrogen) atoms. The molecular weight excluding hydrogens is 416 g/mol. The smallest absolute Gasteiger partial charge is 0.241 e. The van der Waals surface area contributed by atoms with Gasteiger partial charge in [-0.05, 0) is 43.3 Å². The van der Waals surface area contributed by atoms with Crippen molar-refractivity contribution in [2.45, 2.75) is 32.1 Å². The first kappa shape index (κ1) is 20.6. The van der Waals surface area contributed by atoms with E-state index in [2.05, 4.69) is 20.2 Å². The fourth-order valence-electron chi connectivity index (χ4n) is 2.92. The Bertz CT molecular complexity index is 1070. The summed E-state index contributed by atoms with van der Waals surface area (Å²) >= 11 is 2.83. The van der Waals surface area contributed by atoms with Gasteiger partial charge in [-0.25, -0.2) is 13.1 Å². The number of anilines is 1.